The molecule has 0 aromatic carbocycles. The highest BCUT2D eigenvalue weighted by Gasteiger charge is 2.27. The molecule has 1 N–H and O–H groups in total. The molecule has 19 heavy (non-hydrogen) atoms. The summed E-state index contributed by atoms with van der Waals surface area (Å²) in [7, 11) is 3.50. The fraction of sp³-hybridized carbons (Fsp3) is 0.692. The third-order valence-corrected chi connectivity index (χ3v) is 2.83. The third-order valence-electron chi connectivity index (χ3n) is 2.83. The SMILES string of the molecule is CNc1cc(OCCOCCOC)nc(C2CC2)n1. The molecule has 0 saturated heterocycles. The van der Waals surface area contributed by atoms with Crippen LogP contribution in [0, 0.1) is 0 Å². The molecule has 1 aromatic heterocycles. The molecular formula is C13H21N3O3. The number of aromatic nitrogens is 2. The molecular weight excluding hydrogens is 246 g/mol. The predicted octanol–water partition coefficient (Wildman–Crippen LogP) is 1.44. The summed E-state index contributed by atoms with van der Waals surface area (Å²) < 4.78 is 15.8. The van der Waals surface area contributed by atoms with Gasteiger partial charge >= 0.3 is 0 Å². The number of anilines is 1. The van der Waals surface area contributed by atoms with Gasteiger partial charge in [-0.1, -0.05) is 0 Å². The lowest BCUT2D eigenvalue weighted by molar-refractivity contribution is 0.0536. The average molecular weight is 267 g/mol. The van der Waals surface area contributed by atoms with Gasteiger partial charge in [0.15, 0.2) is 0 Å². The summed E-state index contributed by atoms with van der Waals surface area (Å²) in [6, 6.07) is 1.81. The summed E-state index contributed by atoms with van der Waals surface area (Å²) in [5.41, 5.74) is 0. The highest BCUT2D eigenvalue weighted by Crippen LogP contribution is 2.39. The molecule has 0 spiro atoms. The number of nitrogens with zero attached hydrogens (tertiary/aromatic N) is 2. The van der Waals surface area contributed by atoms with Crippen molar-refractivity contribution in [2.45, 2.75) is 18.8 Å². The maximum absolute atomic E-state index is 5.59. The number of rotatable bonds is 9. The lowest BCUT2D eigenvalue weighted by atomic mass is 10.4. The molecule has 0 radical (unpaired) electrons. The van der Waals surface area contributed by atoms with Gasteiger partial charge in [-0.3, -0.25) is 0 Å². The van der Waals surface area contributed by atoms with E-state index >= 15 is 0 Å². The van der Waals surface area contributed by atoms with Gasteiger partial charge in [-0.2, -0.15) is 4.98 Å². The number of nitrogens with one attached hydrogen (secondary N) is 1. The van der Waals surface area contributed by atoms with E-state index in [4.69, 9.17) is 14.2 Å². The number of methoxy groups -OCH3 is 1. The van der Waals surface area contributed by atoms with Gasteiger partial charge in [0.2, 0.25) is 5.88 Å². The maximum atomic E-state index is 5.59. The van der Waals surface area contributed by atoms with Gasteiger partial charge in [0.25, 0.3) is 0 Å². The Hall–Kier alpha value is -1.40. The van der Waals surface area contributed by atoms with Crippen LogP contribution < -0.4 is 10.1 Å². The number of ether oxygens (including phenoxy) is 3. The predicted molar refractivity (Wildman–Crippen MR) is 71.7 cm³/mol. The highest BCUT2D eigenvalue weighted by atomic mass is 16.5. The lowest BCUT2D eigenvalue weighted by Crippen LogP contribution is -2.11. The first kappa shape index (κ1) is 14.0. The van der Waals surface area contributed by atoms with Crippen molar-refractivity contribution in [2.75, 3.05) is 45.9 Å². The van der Waals surface area contributed by atoms with Crippen molar-refractivity contribution in [1.29, 1.82) is 0 Å². The molecule has 6 nitrogen and oxygen atoms in total. The topological polar surface area (TPSA) is 65.5 Å². The molecule has 2 rings (SSSR count). The summed E-state index contributed by atoms with van der Waals surface area (Å²) in [6.07, 6.45) is 2.35. The van der Waals surface area contributed by atoms with E-state index in [0.717, 1.165) is 11.6 Å². The third kappa shape index (κ3) is 4.65. The monoisotopic (exact) mass is 267 g/mol. The van der Waals surface area contributed by atoms with Crippen molar-refractivity contribution < 1.29 is 14.2 Å². The smallest absolute Gasteiger partial charge is 0.218 e. The molecule has 6 heteroatoms. The van der Waals surface area contributed by atoms with E-state index in [-0.39, 0.29) is 0 Å². The Kier molecular flexibility index (Phi) is 5.35. The first-order valence-corrected chi connectivity index (χ1v) is 6.59. The maximum Gasteiger partial charge on any atom is 0.218 e. The van der Waals surface area contributed by atoms with Crippen LogP contribution in [0.3, 0.4) is 0 Å². The molecule has 0 atom stereocenters. The van der Waals surface area contributed by atoms with Crippen LogP contribution in [-0.2, 0) is 9.47 Å². The van der Waals surface area contributed by atoms with E-state index in [1.807, 2.05) is 7.05 Å². The molecule has 1 aromatic rings. The minimum atomic E-state index is 0.480. The second-order valence-electron chi connectivity index (χ2n) is 4.43. The fourth-order valence-electron chi connectivity index (χ4n) is 1.62. The van der Waals surface area contributed by atoms with Crippen LogP contribution in [0.4, 0.5) is 5.82 Å². The first-order chi connectivity index (χ1) is 9.33. The molecule has 1 saturated carbocycles. The van der Waals surface area contributed by atoms with Gasteiger partial charge in [0.05, 0.1) is 19.8 Å². The molecule has 0 bridgehead atoms. The normalized spacial score (nSPS) is 14.4. The number of hydrogen-bond donors (Lipinski definition) is 1. The van der Waals surface area contributed by atoms with Crippen LogP contribution >= 0.6 is 0 Å². The summed E-state index contributed by atoms with van der Waals surface area (Å²) in [5.74, 6) is 2.79. The van der Waals surface area contributed by atoms with Crippen molar-refractivity contribution in [3.05, 3.63) is 11.9 Å². The van der Waals surface area contributed by atoms with E-state index in [0.29, 0.717) is 38.2 Å². The van der Waals surface area contributed by atoms with Gasteiger partial charge in [-0.15, -0.1) is 0 Å². The van der Waals surface area contributed by atoms with Gasteiger partial charge in [0, 0.05) is 26.1 Å². The molecule has 1 heterocycles. The Morgan fingerprint density at radius 1 is 1.21 bits per heavy atom. The zero-order chi connectivity index (χ0) is 13.5. The Labute approximate surface area is 113 Å². The molecule has 106 valence electrons. The Balaban J connectivity index is 1.80. The van der Waals surface area contributed by atoms with Crippen LogP contribution in [-0.4, -0.2) is 50.6 Å². The molecule has 1 fully saturated rings. The van der Waals surface area contributed by atoms with Crippen LogP contribution in [0.5, 0.6) is 5.88 Å². The van der Waals surface area contributed by atoms with E-state index in [9.17, 15) is 0 Å². The van der Waals surface area contributed by atoms with E-state index in [1.54, 1.807) is 13.2 Å². The molecule has 0 unspecified atom stereocenters. The standard InChI is InChI=1S/C13H21N3O3/c1-14-11-9-12(16-13(15-11)10-3-4-10)19-8-7-18-6-5-17-2/h9-10H,3-8H2,1-2H3,(H,14,15,16). The Morgan fingerprint density at radius 3 is 2.68 bits per heavy atom. The largest absolute Gasteiger partial charge is 0.475 e. The Morgan fingerprint density at radius 2 is 2.00 bits per heavy atom. The van der Waals surface area contributed by atoms with Gasteiger partial charge in [0.1, 0.15) is 18.2 Å². The summed E-state index contributed by atoms with van der Waals surface area (Å²) in [4.78, 5) is 8.86. The van der Waals surface area contributed by atoms with Crippen molar-refractivity contribution in [2.24, 2.45) is 0 Å². The van der Waals surface area contributed by atoms with E-state index < -0.39 is 0 Å². The van der Waals surface area contributed by atoms with E-state index in [2.05, 4.69) is 15.3 Å². The molecule has 1 aliphatic carbocycles. The Bertz CT molecular complexity index is 397. The molecule has 0 amide bonds. The highest BCUT2D eigenvalue weighted by molar-refractivity contribution is 5.38. The summed E-state index contributed by atoms with van der Waals surface area (Å²) in [5, 5.41) is 3.03. The minimum Gasteiger partial charge on any atom is -0.475 e. The van der Waals surface area contributed by atoms with Crippen molar-refractivity contribution in [3.8, 4) is 5.88 Å². The second kappa shape index (κ2) is 7.25. The zero-order valence-electron chi connectivity index (χ0n) is 11.5. The molecule has 0 aliphatic heterocycles. The first-order valence-electron chi connectivity index (χ1n) is 6.59. The van der Waals surface area contributed by atoms with Crippen molar-refractivity contribution in [1.82, 2.24) is 9.97 Å². The van der Waals surface area contributed by atoms with Gasteiger partial charge < -0.3 is 19.5 Å². The summed E-state index contributed by atoms with van der Waals surface area (Å²) in [6.45, 7) is 2.19. The number of hydrogen-bond acceptors (Lipinski definition) is 6. The van der Waals surface area contributed by atoms with Crippen LogP contribution in [0.2, 0.25) is 0 Å². The average Bonchev–Trinajstić information content (AvgIpc) is 3.27. The van der Waals surface area contributed by atoms with Crippen molar-refractivity contribution in [3.63, 3.8) is 0 Å². The fourth-order valence-corrected chi connectivity index (χ4v) is 1.62. The second-order valence-corrected chi connectivity index (χ2v) is 4.43. The van der Waals surface area contributed by atoms with Gasteiger partial charge in [-0.25, -0.2) is 4.98 Å². The molecule has 1 aliphatic rings. The quantitative estimate of drug-likeness (QED) is 0.683. The van der Waals surface area contributed by atoms with Crippen LogP contribution in [0.15, 0.2) is 6.07 Å². The van der Waals surface area contributed by atoms with Gasteiger partial charge in [-0.05, 0) is 12.8 Å². The van der Waals surface area contributed by atoms with Crippen LogP contribution in [0.1, 0.15) is 24.6 Å². The zero-order valence-corrected chi connectivity index (χ0v) is 11.5. The van der Waals surface area contributed by atoms with Crippen molar-refractivity contribution >= 4 is 5.82 Å². The summed E-state index contributed by atoms with van der Waals surface area (Å²) >= 11 is 0. The van der Waals surface area contributed by atoms with E-state index in [1.165, 1.54) is 12.8 Å². The lowest BCUT2D eigenvalue weighted by Gasteiger charge is -2.09. The minimum absolute atomic E-state index is 0.480. The van der Waals surface area contributed by atoms with Crippen LogP contribution in [0.25, 0.3) is 0 Å².